The predicted octanol–water partition coefficient (Wildman–Crippen LogP) is 4.63. The number of carbonyl (C=O) groups excluding carboxylic acids is 1. The number of thiophene rings is 1. The Morgan fingerprint density at radius 1 is 1.36 bits per heavy atom. The molecule has 0 aromatic carbocycles. The molecule has 25 heavy (non-hydrogen) atoms. The van der Waals surface area contributed by atoms with E-state index in [1.807, 2.05) is 0 Å². The molecule has 3 rings (SSSR count). The van der Waals surface area contributed by atoms with Crippen LogP contribution in [0.1, 0.15) is 39.4 Å². The average Bonchev–Trinajstić information content (AvgIpc) is 3.20. The summed E-state index contributed by atoms with van der Waals surface area (Å²) in [5.74, 6) is -0.416. The lowest BCUT2D eigenvalue weighted by Gasteiger charge is -2.26. The zero-order valence-corrected chi connectivity index (χ0v) is 16.0. The van der Waals surface area contributed by atoms with Crippen LogP contribution >= 0.6 is 46.1 Å². The summed E-state index contributed by atoms with van der Waals surface area (Å²) in [4.78, 5) is 13.4. The van der Waals surface area contributed by atoms with Crippen LogP contribution in [0.5, 0.6) is 0 Å². The predicted molar refractivity (Wildman–Crippen MR) is 99.6 cm³/mol. The second-order valence-electron chi connectivity index (χ2n) is 5.60. The molecule has 1 aliphatic carbocycles. The second kappa shape index (κ2) is 7.46. The molecule has 1 aliphatic rings. The molecule has 2 aromatic rings. The number of anilines is 1. The standard InChI is InChI=1S/C16H14Cl3N3O2S/c17-16(18,19)15(21-13(23)11-5-3-7-24-11)22-14-10(8-20)9-4-1-2-6-12(9)25-14/h3,5,7,15,22H,1-2,4,6H2,(H,21,23)/t15-/m1/s1. The highest BCUT2D eigenvalue weighted by atomic mass is 35.6. The van der Waals surface area contributed by atoms with Crippen LogP contribution < -0.4 is 10.6 Å². The van der Waals surface area contributed by atoms with Crippen molar-refractivity contribution in [3.05, 3.63) is 40.2 Å². The third-order valence-electron chi connectivity index (χ3n) is 3.91. The third kappa shape index (κ3) is 4.06. The number of rotatable bonds is 4. The minimum Gasteiger partial charge on any atom is -0.459 e. The summed E-state index contributed by atoms with van der Waals surface area (Å²) >= 11 is 19.5. The molecule has 2 aromatic heterocycles. The fraction of sp³-hybridized carbons (Fsp3) is 0.375. The maximum absolute atomic E-state index is 12.2. The molecule has 0 saturated heterocycles. The van der Waals surface area contributed by atoms with E-state index in [0.29, 0.717) is 10.6 Å². The van der Waals surface area contributed by atoms with Gasteiger partial charge in [0.05, 0.1) is 11.8 Å². The van der Waals surface area contributed by atoms with Crippen LogP contribution in [0.3, 0.4) is 0 Å². The number of alkyl halides is 3. The molecule has 0 radical (unpaired) electrons. The van der Waals surface area contributed by atoms with Gasteiger partial charge in [0, 0.05) is 4.88 Å². The number of halogens is 3. The summed E-state index contributed by atoms with van der Waals surface area (Å²) in [6, 6.07) is 5.33. The first-order valence-electron chi connectivity index (χ1n) is 7.62. The first-order chi connectivity index (χ1) is 11.9. The van der Waals surface area contributed by atoms with Crippen molar-refractivity contribution in [2.24, 2.45) is 0 Å². The van der Waals surface area contributed by atoms with E-state index in [4.69, 9.17) is 39.2 Å². The average molecular weight is 419 g/mol. The highest BCUT2D eigenvalue weighted by Crippen LogP contribution is 2.40. The van der Waals surface area contributed by atoms with E-state index in [2.05, 4.69) is 16.7 Å². The summed E-state index contributed by atoms with van der Waals surface area (Å²) in [7, 11) is 0. The van der Waals surface area contributed by atoms with Crippen molar-refractivity contribution in [3.8, 4) is 6.07 Å². The van der Waals surface area contributed by atoms with Crippen LogP contribution in [0.15, 0.2) is 22.8 Å². The van der Waals surface area contributed by atoms with Gasteiger partial charge >= 0.3 is 0 Å². The Labute approximate surface area is 163 Å². The first kappa shape index (κ1) is 18.4. The van der Waals surface area contributed by atoms with Gasteiger partial charge in [0.2, 0.25) is 3.79 Å². The molecule has 2 N–H and O–H groups in total. The highest BCUT2D eigenvalue weighted by Gasteiger charge is 2.36. The van der Waals surface area contributed by atoms with Gasteiger partial charge in [0.25, 0.3) is 5.91 Å². The fourth-order valence-corrected chi connectivity index (χ4v) is 4.32. The number of aryl methyl sites for hydroxylation is 1. The molecule has 0 bridgehead atoms. The molecule has 132 valence electrons. The summed E-state index contributed by atoms with van der Waals surface area (Å²) < 4.78 is 3.23. The smallest absolute Gasteiger partial charge is 0.288 e. The number of hydrogen-bond donors (Lipinski definition) is 2. The molecular weight excluding hydrogens is 405 g/mol. The largest absolute Gasteiger partial charge is 0.459 e. The Hall–Kier alpha value is -1.39. The van der Waals surface area contributed by atoms with Crippen molar-refractivity contribution < 1.29 is 9.21 Å². The van der Waals surface area contributed by atoms with Crippen LogP contribution in [-0.2, 0) is 12.8 Å². The molecule has 0 saturated carbocycles. The van der Waals surface area contributed by atoms with E-state index in [-0.39, 0.29) is 5.76 Å². The number of fused-ring (bicyclic) bond motifs is 1. The third-order valence-corrected chi connectivity index (χ3v) is 5.78. The molecule has 9 heteroatoms. The van der Waals surface area contributed by atoms with Crippen molar-refractivity contribution >= 4 is 57.0 Å². The van der Waals surface area contributed by atoms with Crippen molar-refractivity contribution in [3.63, 3.8) is 0 Å². The monoisotopic (exact) mass is 417 g/mol. The molecule has 1 atom stereocenters. The van der Waals surface area contributed by atoms with Crippen molar-refractivity contribution in [1.82, 2.24) is 5.32 Å². The molecule has 0 fully saturated rings. The van der Waals surface area contributed by atoms with E-state index in [9.17, 15) is 10.1 Å². The van der Waals surface area contributed by atoms with E-state index >= 15 is 0 Å². The van der Waals surface area contributed by atoms with Crippen LogP contribution in [0.25, 0.3) is 0 Å². The lowest BCUT2D eigenvalue weighted by atomic mass is 9.96. The summed E-state index contributed by atoms with van der Waals surface area (Å²) in [6.07, 6.45) is 4.32. The molecule has 2 heterocycles. The zero-order chi connectivity index (χ0) is 18.0. The molecule has 0 unspecified atom stereocenters. The van der Waals surface area contributed by atoms with Gasteiger partial charge in [-0.25, -0.2) is 0 Å². The van der Waals surface area contributed by atoms with Crippen molar-refractivity contribution in [2.75, 3.05) is 5.32 Å². The number of furan rings is 1. The zero-order valence-electron chi connectivity index (χ0n) is 12.9. The number of carbonyl (C=O) groups is 1. The Kier molecular flexibility index (Phi) is 5.49. The number of amides is 1. The number of nitrogens with zero attached hydrogens (tertiary/aromatic N) is 1. The second-order valence-corrected chi connectivity index (χ2v) is 9.07. The maximum Gasteiger partial charge on any atom is 0.288 e. The van der Waals surface area contributed by atoms with Crippen molar-refractivity contribution in [1.29, 1.82) is 5.26 Å². The number of hydrogen-bond acceptors (Lipinski definition) is 5. The maximum atomic E-state index is 12.2. The first-order valence-corrected chi connectivity index (χ1v) is 9.57. The van der Waals surface area contributed by atoms with E-state index in [1.54, 1.807) is 6.07 Å². The fourth-order valence-electron chi connectivity index (χ4n) is 2.73. The number of nitriles is 1. The Morgan fingerprint density at radius 3 is 2.76 bits per heavy atom. The topological polar surface area (TPSA) is 78.1 Å². The highest BCUT2D eigenvalue weighted by molar-refractivity contribution is 7.16. The van der Waals surface area contributed by atoms with Gasteiger partial charge in [-0.05, 0) is 43.4 Å². The van der Waals surface area contributed by atoms with Gasteiger partial charge in [-0.1, -0.05) is 34.8 Å². The number of nitrogens with one attached hydrogen (secondary N) is 2. The van der Waals surface area contributed by atoms with E-state index in [1.165, 1.54) is 28.5 Å². The SMILES string of the molecule is N#Cc1c(N[C@@H](NC(=O)c2ccco2)C(Cl)(Cl)Cl)sc2c1CCCC2. The summed E-state index contributed by atoms with van der Waals surface area (Å²) in [5.41, 5.74) is 1.62. The van der Waals surface area contributed by atoms with Gasteiger partial charge < -0.3 is 15.1 Å². The van der Waals surface area contributed by atoms with Gasteiger partial charge in [0.15, 0.2) is 5.76 Å². The van der Waals surface area contributed by atoms with E-state index in [0.717, 1.165) is 31.2 Å². The van der Waals surface area contributed by atoms with Gasteiger partial charge in [-0.3, -0.25) is 4.79 Å². The molecular formula is C16H14Cl3N3O2S. The lowest BCUT2D eigenvalue weighted by molar-refractivity contribution is 0.0914. The van der Waals surface area contributed by atoms with E-state index < -0.39 is 15.9 Å². The molecule has 0 spiro atoms. The Morgan fingerprint density at radius 2 is 2.12 bits per heavy atom. The van der Waals surface area contributed by atoms with Crippen LogP contribution in [-0.4, -0.2) is 15.9 Å². The van der Waals surface area contributed by atoms with Gasteiger partial charge in [-0.2, -0.15) is 5.26 Å². The van der Waals surface area contributed by atoms with Gasteiger partial charge in [0.1, 0.15) is 17.2 Å². The van der Waals surface area contributed by atoms with Crippen molar-refractivity contribution in [2.45, 2.75) is 35.6 Å². The quantitative estimate of drug-likeness (QED) is 0.560. The normalized spacial score (nSPS) is 15.1. The summed E-state index contributed by atoms with van der Waals surface area (Å²) in [5, 5.41) is 15.7. The summed E-state index contributed by atoms with van der Waals surface area (Å²) in [6.45, 7) is 0. The molecule has 0 aliphatic heterocycles. The molecule has 5 nitrogen and oxygen atoms in total. The minimum atomic E-state index is -1.82. The Balaban J connectivity index is 1.85. The van der Waals surface area contributed by atoms with Crippen LogP contribution in [0.4, 0.5) is 5.00 Å². The Bertz CT molecular complexity index is 806. The van der Waals surface area contributed by atoms with Gasteiger partial charge in [-0.15, -0.1) is 11.3 Å². The minimum absolute atomic E-state index is 0.104. The lowest BCUT2D eigenvalue weighted by Crippen LogP contribution is -2.49. The van der Waals surface area contributed by atoms with Crippen LogP contribution in [0, 0.1) is 11.3 Å². The van der Waals surface area contributed by atoms with Crippen LogP contribution in [0.2, 0.25) is 0 Å². The molecule has 1 amide bonds.